The van der Waals surface area contributed by atoms with Crippen LogP contribution in [0.3, 0.4) is 0 Å². The van der Waals surface area contributed by atoms with E-state index < -0.39 is 10.0 Å². The van der Waals surface area contributed by atoms with Gasteiger partial charge in [0.1, 0.15) is 17.0 Å². The van der Waals surface area contributed by atoms with E-state index in [0.717, 1.165) is 29.5 Å². The first-order valence-electron chi connectivity index (χ1n) is 8.48. The van der Waals surface area contributed by atoms with E-state index in [-0.39, 0.29) is 4.90 Å². The number of nitrogens with two attached hydrogens (primary N) is 1. The average Bonchev–Trinajstić information content (AvgIpc) is 2.94. The summed E-state index contributed by atoms with van der Waals surface area (Å²) in [6, 6.07) is 5.13. The van der Waals surface area contributed by atoms with Crippen LogP contribution < -0.4 is 10.5 Å². The molecule has 0 spiro atoms. The van der Waals surface area contributed by atoms with E-state index in [1.165, 1.54) is 10.4 Å². The van der Waals surface area contributed by atoms with E-state index >= 15 is 0 Å². The lowest BCUT2D eigenvalue weighted by Crippen LogP contribution is -2.14. The van der Waals surface area contributed by atoms with Crippen LogP contribution in [0.25, 0.3) is 10.2 Å². The van der Waals surface area contributed by atoms with Gasteiger partial charge in [0.15, 0.2) is 0 Å². The van der Waals surface area contributed by atoms with Crippen molar-refractivity contribution < 1.29 is 8.42 Å². The minimum Gasteiger partial charge on any atom is -0.340 e. The van der Waals surface area contributed by atoms with Crippen molar-refractivity contribution in [2.75, 3.05) is 5.32 Å². The molecule has 2 aromatic heterocycles. The van der Waals surface area contributed by atoms with Crippen LogP contribution in [0.5, 0.6) is 0 Å². The Morgan fingerprint density at radius 2 is 2.12 bits per heavy atom. The SMILES string of the molecule is Cc1ccc(Nc2ncnc3sc4c(c23)CC[C@H](C)C4)cc1S(N)(=O)=O. The highest BCUT2D eigenvalue weighted by atomic mass is 32.2. The first-order valence-corrected chi connectivity index (χ1v) is 10.8. The molecule has 0 bridgehead atoms. The number of sulfonamides is 1. The van der Waals surface area contributed by atoms with E-state index in [1.54, 1.807) is 36.7 Å². The summed E-state index contributed by atoms with van der Waals surface area (Å²) in [5, 5.41) is 9.64. The Hall–Kier alpha value is -2.03. The largest absolute Gasteiger partial charge is 0.340 e. The van der Waals surface area contributed by atoms with Gasteiger partial charge < -0.3 is 5.32 Å². The van der Waals surface area contributed by atoms with Crippen LogP contribution in [-0.4, -0.2) is 18.4 Å². The van der Waals surface area contributed by atoms with E-state index in [4.69, 9.17) is 5.14 Å². The number of primary sulfonamides is 1. The second-order valence-corrected chi connectivity index (χ2v) is 9.52. The van der Waals surface area contributed by atoms with Crippen molar-refractivity contribution in [3.63, 3.8) is 0 Å². The second-order valence-electron chi connectivity index (χ2n) is 6.90. The highest BCUT2D eigenvalue weighted by molar-refractivity contribution is 7.89. The molecule has 0 amide bonds. The molecule has 136 valence electrons. The molecule has 1 aliphatic rings. The van der Waals surface area contributed by atoms with E-state index in [9.17, 15) is 8.42 Å². The summed E-state index contributed by atoms with van der Waals surface area (Å²) in [4.78, 5) is 11.3. The predicted molar refractivity (Wildman–Crippen MR) is 104 cm³/mol. The predicted octanol–water partition coefficient (Wildman–Crippen LogP) is 3.52. The lowest BCUT2D eigenvalue weighted by Gasteiger charge is -2.18. The minimum absolute atomic E-state index is 0.119. The molecule has 1 aromatic carbocycles. The molecule has 0 saturated heterocycles. The zero-order chi connectivity index (χ0) is 18.5. The molecule has 8 heteroatoms. The number of nitrogens with zero attached hydrogens (tertiary/aromatic N) is 2. The van der Waals surface area contributed by atoms with E-state index in [2.05, 4.69) is 22.2 Å². The third-order valence-corrected chi connectivity index (χ3v) is 7.06. The quantitative estimate of drug-likeness (QED) is 0.715. The van der Waals surface area contributed by atoms with Gasteiger partial charge in [0.2, 0.25) is 10.0 Å². The van der Waals surface area contributed by atoms with Gasteiger partial charge in [-0.05, 0) is 55.4 Å². The standard InChI is InChI=1S/C18H20N4O2S2/c1-10-3-6-13-14(7-10)25-18-16(13)17(20-9-21-18)22-12-5-4-11(2)15(8-12)26(19,23)24/h4-5,8-10H,3,6-7H2,1-2H3,(H2,19,23,24)(H,20,21,22)/t10-/m0/s1. The number of benzene rings is 1. The molecule has 26 heavy (non-hydrogen) atoms. The summed E-state index contributed by atoms with van der Waals surface area (Å²) in [6.45, 7) is 4.00. The number of rotatable bonds is 3. The summed E-state index contributed by atoms with van der Waals surface area (Å²) < 4.78 is 23.6. The number of thiophene rings is 1. The lowest BCUT2D eigenvalue weighted by atomic mass is 9.89. The number of hydrogen-bond acceptors (Lipinski definition) is 6. The topological polar surface area (TPSA) is 98.0 Å². The number of aryl methyl sites for hydroxylation is 2. The highest BCUT2D eigenvalue weighted by Gasteiger charge is 2.23. The van der Waals surface area contributed by atoms with Gasteiger partial charge in [0.05, 0.1) is 10.3 Å². The molecular weight excluding hydrogens is 368 g/mol. The summed E-state index contributed by atoms with van der Waals surface area (Å²) in [5.74, 6) is 1.40. The molecule has 0 unspecified atom stereocenters. The molecule has 6 nitrogen and oxygen atoms in total. The van der Waals surface area contributed by atoms with Crippen molar-refractivity contribution in [2.24, 2.45) is 11.1 Å². The molecule has 4 rings (SSSR count). The highest BCUT2D eigenvalue weighted by Crippen LogP contribution is 2.40. The van der Waals surface area contributed by atoms with Crippen LogP contribution >= 0.6 is 11.3 Å². The number of nitrogens with one attached hydrogen (secondary N) is 1. The van der Waals surface area contributed by atoms with Crippen LogP contribution in [-0.2, 0) is 22.9 Å². The first kappa shape index (κ1) is 17.4. The molecule has 0 aliphatic heterocycles. The Morgan fingerprint density at radius 3 is 2.88 bits per heavy atom. The lowest BCUT2D eigenvalue weighted by molar-refractivity contribution is 0.509. The molecule has 0 radical (unpaired) electrons. The Morgan fingerprint density at radius 1 is 1.31 bits per heavy atom. The van der Waals surface area contributed by atoms with Crippen molar-refractivity contribution in [1.29, 1.82) is 0 Å². The molecular formula is C18H20N4O2S2. The van der Waals surface area contributed by atoms with Gasteiger partial charge in [0, 0.05) is 10.6 Å². The molecule has 0 saturated carbocycles. The van der Waals surface area contributed by atoms with Crippen LogP contribution in [0.1, 0.15) is 29.3 Å². The maximum absolute atomic E-state index is 11.8. The molecule has 2 heterocycles. The van der Waals surface area contributed by atoms with E-state index in [1.807, 2.05) is 6.07 Å². The normalized spacial score (nSPS) is 17.3. The fourth-order valence-corrected chi connectivity index (χ4v) is 5.65. The fraction of sp³-hybridized carbons (Fsp3) is 0.333. The van der Waals surface area contributed by atoms with E-state index in [0.29, 0.717) is 23.0 Å². The molecule has 0 fully saturated rings. The Balaban J connectivity index is 1.79. The number of hydrogen-bond donors (Lipinski definition) is 2. The second kappa shape index (κ2) is 6.29. The smallest absolute Gasteiger partial charge is 0.238 e. The molecule has 1 atom stereocenters. The number of fused-ring (bicyclic) bond motifs is 3. The first-order chi connectivity index (χ1) is 12.3. The third-order valence-electron chi connectivity index (χ3n) is 4.85. The summed E-state index contributed by atoms with van der Waals surface area (Å²) in [7, 11) is -3.77. The summed E-state index contributed by atoms with van der Waals surface area (Å²) >= 11 is 1.73. The Kier molecular flexibility index (Phi) is 4.21. The maximum Gasteiger partial charge on any atom is 0.238 e. The van der Waals surface area contributed by atoms with Crippen molar-refractivity contribution in [3.05, 3.63) is 40.5 Å². The van der Waals surface area contributed by atoms with Crippen LogP contribution in [0.2, 0.25) is 0 Å². The van der Waals surface area contributed by atoms with Crippen LogP contribution in [0.15, 0.2) is 29.4 Å². The van der Waals surface area contributed by atoms with Crippen molar-refractivity contribution >= 4 is 43.1 Å². The van der Waals surface area contributed by atoms with Gasteiger partial charge in [-0.3, -0.25) is 0 Å². The Labute approximate surface area is 156 Å². The van der Waals surface area contributed by atoms with Crippen molar-refractivity contribution in [3.8, 4) is 0 Å². The van der Waals surface area contributed by atoms with Gasteiger partial charge in [-0.25, -0.2) is 23.5 Å². The van der Waals surface area contributed by atoms with Gasteiger partial charge in [-0.2, -0.15) is 0 Å². The monoisotopic (exact) mass is 388 g/mol. The number of aromatic nitrogens is 2. The molecule has 3 aromatic rings. The maximum atomic E-state index is 11.8. The molecule has 3 N–H and O–H groups in total. The average molecular weight is 389 g/mol. The van der Waals surface area contributed by atoms with Gasteiger partial charge >= 0.3 is 0 Å². The van der Waals surface area contributed by atoms with Crippen molar-refractivity contribution in [2.45, 2.75) is 38.0 Å². The minimum atomic E-state index is -3.77. The fourth-order valence-electron chi connectivity index (χ4n) is 3.49. The van der Waals surface area contributed by atoms with Crippen molar-refractivity contribution in [1.82, 2.24) is 9.97 Å². The van der Waals surface area contributed by atoms with Crippen LogP contribution in [0, 0.1) is 12.8 Å². The summed E-state index contributed by atoms with van der Waals surface area (Å²) in [5.41, 5.74) is 2.58. The third kappa shape index (κ3) is 3.08. The number of anilines is 2. The van der Waals surface area contributed by atoms with Gasteiger partial charge in [-0.15, -0.1) is 11.3 Å². The molecule has 1 aliphatic carbocycles. The van der Waals surface area contributed by atoms with Gasteiger partial charge in [0.25, 0.3) is 0 Å². The van der Waals surface area contributed by atoms with Crippen LogP contribution in [0.4, 0.5) is 11.5 Å². The zero-order valence-corrected chi connectivity index (χ0v) is 16.2. The zero-order valence-electron chi connectivity index (χ0n) is 14.6. The Bertz CT molecular complexity index is 1110. The summed E-state index contributed by atoms with van der Waals surface area (Å²) in [6.07, 6.45) is 4.81. The van der Waals surface area contributed by atoms with Gasteiger partial charge in [-0.1, -0.05) is 13.0 Å².